The number of amides is 1. The fourth-order valence-corrected chi connectivity index (χ4v) is 1.69. The predicted octanol–water partition coefficient (Wildman–Crippen LogP) is 1.43. The zero-order valence-corrected chi connectivity index (χ0v) is 9.68. The summed E-state index contributed by atoms with van der Waals surface area (Å²) in [5, 5.41) is 6.13. The highest BCUT2D eigenvalue weighted by Gasteiger charge is 2.30. The van der Waals surface area contributed by atoms with Crippen LogP contribution in [0, 0.1) is 0 Å². The Hall–Kier alpha value is -1.36. The van der Waals surface area contributed by atoms with Crippen LogP contribution in [0.15, 0.2) is 16.8 Å². The standard InChI is InChI=1S/C10H13NO3S/c1-10(2,9(13)14-3)11-8(12)7-4-5-15-6-7/h4-6H,1-3H3,(H,11,12). The molecule has 1 rings (SSSR count). The largest absolute Gasteiger partial charge is 0.467 e. The van der Waals surface area contributed by atoms with Gasteiger partial charge in [-0.3, -0.25) is 4.79 Å². The summed E-state index contributed by atoms with van der Waals surface area (Å²) < 4.78 is 4.58. The van der Waals surface area contributed by atoms with Gasteiger partial charge in [-0.05, 0) is 25.3 Å². The summed E-state index contributed by atoms with van der Waals surface area (Å²) in [7, 11) is 1.29. The molecule has 0 aliphatic heterocycles. The lowest BCUT2D eigenvalue weighted by atomic mass is 10.1. The summed E-state index contributed by atoms with van der Waals surface area (Å²) in [5.74, 6) is -0.738. The van der Waals surface area contributed by atoms with E-state index in [1.807, 2.05) is 0 Å². The second-order valence-corrected chi connectivity index (χ2v) is 4.36. The van der Waals surface area contributed by atoms with Gasteiger partial charge >= 0.3 is 5.97 Å². The molecule has 1 amide bonds. The van der Waals surface area contributed by atoms with Gasteiger partial charge in [0.2, 0.25) is 0 Å². The van der Waals surface area contributed by atoms with Crippen molar-refractivity contribution in [3.63, 3.8) is 0 Å². The van der Waals surface area contributed by atoms with Gasteiger partial charge in [0.1, 0.15) is 5.54 Å². The molecule has 4 nitrogen and oxygen atoms in total. The van der Waals surface area contributed by atoms with E-state index in [1.165, 1.54) is 18.4 Å². The van der Waals surface area contributed by atoms with E-state index < -0.39 is 11.5 Å². The molecule has 0 fully saturated rings. The first-order valence-electron chi connectivity index (χ1n) is 4.40. The van der Waals surface area contributed by atoms with Gasteiger partial charge in [-0.1, -0.05) is 0 Å². The van der Waals surface area contributed by atoms with Gasteiger partial charge in [0.05, 0.1) is 12.7 Å². The number of thiophene rings is 1. The molecule has 0 aliphatic carbocycles. The van der Waals surface area contributed by atoms with Crippen molar-refractivity contribution in [2.24, 2.45) is 0 Å². The fraction of sp³-hybridized carbons (Fsp3) is 0.400. The molecule has 1 heterocycles. The van der Waals surface area contributed by atoms with E-state index in [1.54, 1.807) is 30.7 Å². The summed E-state index contributed by atoms with van der Waals surface area (Å²) in [6.07, 6.45) is 0. The van der Waals surface area contributed by atoms with Crippen molar-refractivity contribution in [3.8, 4) is 0 Å². The molecule has 0 atom stereocenters. The molecule has 0 aromatic carbocycles. The molecule has 82 valence electrons. The van der Waals surface area contributed by atoms with Crippen molar-refractivity contribution in [2.75, 3.05) is 7.11 Å². The molecule has 0 bridgehead atoms. The van der Waals surface area contributed by atoms with Crippen LogP contribution in [0.3, 0.4) is 0 Å². The zero-order valence-electron chi connectivity index (χ0n) is 8.87. The molecule has 0 aliphatic rings. The third kappa shape index (κ3) is 2.79. The van der Waals surface area contributed by atoms with Crippen LogP contribution in [0.4, 0.5) is 0 Å². The van der Waals surface area contributed by atoms with E-state index in [4.69, 9.17) is 0 Å². The van der Waals surface area contributed by atoms with Crippen LogP contribution in [0.1, 0.15) is 24.2 Å². The van der Waals surface area contributed by atoms with Crippen LogP contribution in [-0.2, 0) is 9.53 Å². The average molecular weight is 227 g/mol. The Bertz CT molecular complexity index is 357. The summed E-state index contributed by atoms with van der Waals surface area (Å²) in [6, 6.07) is 1.70. The number of ether oxygens (including phenoxy) is 1. The number of rotatable bonds is 3. The lowest BCUT2D eigenvalue weighted by Crippen LogP contribution is -2.50. The van der Waals surface area contributed by atoms with Gasteiger partial charge in [0.15, 0.2) is 0 Å². The van der Waals surface area contributed by atoms with Crippen LogP contribution < -0.4 is 5.32 Å². The summed E-state index contributed by atoms with van der Waals surface area (Å²) >= 11 is 1.43. The lowest BCUT2D eigenvalue weighted by molar-refractivity contribution is -0.146. The van der Waals surface area contributed by atoms with E-state index in [2.05, 4.69) is 10.1 Å². The van der Waals surface area contributed by atoms with E-state index in [0.717, 1.165) is 0 Å². The third-order valence-electron chi connectivity index (χ3n) is 1.91. The first-order valence-corrected chi connectivity index (χ1v) is 5.35. The Morgan fingerprint density at radius 3 is 2.60 bits per heavy atom. The SMILES string of the molecule is COC(=O)C(C)(C)NC(=O)c1ccsc1. The van der Waals surface area contributed by atoms with Gasteiger partial charge in [-0.2, -0.15) is 11.3 Å². The fourth-order valence-electron chi connectivity index (χ4n) is 1.06. The Morgan fingerprint density at radius 2 is 2.13 bits per heavy atom. The number of hydrogen-bond donors (Lipinski definition) is 1. The number of esters is 1. The highest BCUT2D eigenvalue weighted by atomic mass is 32.1. The second-order valence-electron chi connectivity index (χ2n) is 3.58. The minimum absolute atomic E-state index is 0.272. The maximum atomic E-state index is 11.6. The molecular weight excluding hydrogens is 214 g/mol. The van der Waals surface area contributed by atoms with Gasteiger partial charge in [-0.15, -0.1) is 0 Å². The molecule has 0 radical (unpaired) electrons. The average Bonchev–Trinajstić information content (AvgIpc) is 2.68. The number of nitrogens with one attached hydrogen (secondary N) is 1. The van der Waals surface area contributed by atoms with E-state index in [9.17, 15) is 9.59 Å². The Morgan fingerprint density at radius 1 is 1.47 bits per heavy atom. The third-order valence-corrected chi connectivity index (χ3v) is 2.59. The predicted molar refractivity (Wildman–Crippen MR) is 57.9 cm³/mol. The molecule has 1 aromatic heterocycles. The maximum Gasteiger partial charge on any atom is 0.330 e. The molecular formula is C10H13NO3S. The summed E-state index contributed by atoms with van der Waals surface area (Å²) in [6.45, 7) is 3.20. The zero-order chi connectivity index (χ0) is 11.5. The van der Waals surface area contributed by atoms with Crippen molar-refractivity contribution in [2.45, 2.75) is 19.4 Å². The normalized spacial score (nSPS) is 10.9. The number of carbonyl (C=O) groups excluding carboxylic acids is 2. The van der Waals surface area contributed by atoms with E-state index in [-0.39, 0.29) is 5.91 Å². The second kappa shape index (κ2) is 4.44. The molecule has 5 heteroatoms. The van der Waals surface area contributed by atoms with Crippen molar-refractivity contribution in [1.82, 2.24) is 5.32 Å². The molecule has 1 aromatic rings. The van der Waals surface area contributed by atoms with Gasteiger partial charge in [0.25, 0.3) is 5.91 Å². The first kappa shape index (κ1) is 11.7. The number of methoxy groups -OCH3 is 1. The van der Waals surface area contributed by atoms with Crippen molar-refractivity contribution < 1.29 is 14.3 Å². The maximum absolute atomic E-state index is 11.6. The monoisotopic (exact) mass is 227 g/mol. The van der Waals surface area contributed by atoms with Crippen LogP contribution in [-0.4, -0.2) is 24.5 Å². The minimum atomic E-state index is -1.01. The molecule has 15 heavy (non-hydrogen) atoms. The van der Waals surface area contributed by atoms with Crippen molar-refractivity contribution in [3.05, 3.63) is 22.4 Å². The molecule has 1 N–H and O–H groups in total. The number of hydrogen-bond acceptors (Lipinski definition) is 4. The molecule has 0 spiro atoms. The van der Waals surface area contributed by atoms with Gasteiger partial charge in [-0.25, -0.2) is 4.79 Å². The Balaban J connectivity index is 2.70. The smallest absolute Gasteiger partial charge is 0.330 e. The van der Waals surface area contributed by atoms with Crippen molar-refractivity contribution >= 4 is 23.2 Å². The summed E-state index contributed by atoms with van der Waals surface area (Å²) in [4.78, 5) is 22.9. The number of carbonyl (C=O) groups is 2. The van der Waals surface area contributed by atoms with E-state index in [0.29, 0.717) is 5.56 Å². The highest BCUT2D eigenvalue weighted by Crippen LogP contribution is 2.10. The molecule has 0 saturated carbocycles. The van der Waals surface area contributed by atoms with Crippen molar-refractivity contribution in [1.29, 1.82) is 0 Å². The molecule has 0 unspecified atom stereocenters. The van der Waals surface area contributed by atoms with Crippen LogP contribution in [0.2, 0.25) is 0 Å². The van der Waals surface area contributed by atoms with Gasteiger partial charge < -0.3 is 10.1 Å². The minimum Gasteiger partial charge on any atom is -0.467 e. The Kier molecular flexibility index (Phi) is 3.47. The van der Waals surface area contributed by atoms with Crippen LogP contribution in [0.25, 0.3) is 0 Å². The lowest BCUT2D eigenvalue weighted by Gasteiger charge is -2.22. The highest BCUT2D eigenvalue weighted by molar-refractivity contribution is 7.08. The first-order chi connectivity index (χ1) is 6.97. The van der Waals surface area contributed by atoms with E-state index >= 15 is 0 Å². The van der Waals surface area contributed by atoms with Crippen LogP contribution >= 0.6 is 11.3 Å². The summed E-state index contributed by atoms with van der Waals surface area (Å²) in [5.41, 5.74) is -0.453. The Labute approximate surface area is 92.2 Å². The quantitative estimate of drug-likeness (QED) is 0.795. The molecule has 0 saturated heterocycles. The van der Waals surface area contributed by atoms with Gasteiger partial charge in [0, 0.05) is 5.38 Å². The topological polar surface area (TPSA) is 55.4 Å². The van der Waals surface area contributed by atoms with Crippen LogP contribution in [0.5, 0.6) is 0 Å².